The summed E-state index contributed by atoms with van der Waals surface area (Å²) < 4.78 is 15.6. The van der Waals surface area contributed by atoms with Crippen molar-refractivity contribution in [2.45, 2.75) is 13.0 Å². The number of amides is 1. The Labute approximate surface area is 150 Å². The van der Waals surface area contributed by atoms with Gasteiger partial charge < -0.3 is 19.3 Å². The predicted octanol–water partition coefficient (Wildman–Crippen LogP) is 3.21. The molecule has 7 nitrogen and oxygen atoms in total. The van der Waals surface area contributed by atoms with E-state index in [1.807, 2.05) is 54.6 Å². The van der Waals surface area contributed by atoms with Crippen LogP contribution in [-0.4, -0.2) is 29.9 Å². The van der Waals surface area contributed by atoms with Crippen molar-refractivity contribution >= 4 is 6.09 Å². The minimum Gasteiger partial charge on any atom is -0.496 e. The van der Waals surface area contributed by atoms with Crippen molar-refractivity contribution in [3.05, 3.63) is 66.1 Å². The topological polar surface area (TPSA) is 86.5 Å². The SMILES string of the molecule is COc1ccccc1-c1noc(CCNC(=O)OCc2ccccc2)n1. The highest BCUT2D eigenvalue weighted by Crippen LogP contribution is 2.26. The lowest BCUT2D eigenvalue weighted by Crippen LogP contribution is -2.26. The van der Waals surface area contributed by atoms with E-state index < -0.39 is 6.09 Å². The van der Waals surface area contributed by atoms with Crippen LogP contribution in [0.3, 0.4) is 0 Å². The first kappa shape index (κ1) is 17.5. The van der Waals surface area contributed by atoms with Gasteiger partial charge in [-0.25, -0.2) is 4.79 Å². The number of methoxy groups -OCH3 is 1. The molecule has 7 heteroatoms. The number of alkyl carbamates (subject to hydrolysis) is 1. The van der Waals surface area contributed by atoms with Crippen molar-refractivity contribution in [1.82, 2.24) is 15.5 Å². The number of nitrogens with zero attached hydrogens (tertiary/aromatic N) is 2. The number of hydrogen-bond acceptors (Lipinski definition) is 6. The molecule has 0 saturated carbocycles. The predicted molar refractivity (Wildman–Crippen MR) is 94.6 cm³/mol. The van der Waals surface area contributed by atoms with Crippen LogP contribution in [0.25, 0.3) is 11.4 Å². The lowest BCUT2D eigenvalue weighted by molar-refractivity contribution is 0.139. The second-order valence-electron chi connectivity index (χ2n) is 5.45. The van der Waals surface area contributed by atoms with Crippen LogP contribution in [0.4, 0.5) is 4.79 Å². The highest BCUT2D eigenvalue weighted by Gasteiger charge is 2.13. The van der Waals surface area contributed by atoms with Crippen molar-refractivity contribution in [3.63, 3.8) is 0 Å². The molecule has 1 heterocycles. The smallest absolute Gasteiger partial charge is 0.407 e. The number of benzene rings is 2. The molecule has 0 aliphatic heterocycles. The average molecular weight is 353 g/mol. The third-order valence-corrected chi connectivity index (χ3v) is 3.64. The Morgan fingerprint density at radius 1 is 1.12 bits per heavy atom. The molecule has 134 valence electrons. The first-order chi connectivity index (χ1) is 12.8. The minimum absolute atomic E-state index is 0.227. The van der Waals surface area contributed by atoms with Gasteiger partial charge in [-0.2, -0.15) is 4.98 Å². The first-order valence-electron chi connectivity index (χ1n) is 8.17. The summed E-state index contributed by atoms with van der Waals surface area (Å²) in [5.74, 6) is 1.54. The molecule has 0 atom stereocenters. The lowest BCUT2D eigenvalue weighted by Gasteiger charge is -2.05. The van der Waals surface area contributed by atoms with Gasteiger partial charge in [0.25, 0.3) is 0 Å². The molecule has 1 N–H and O–H groups in total. The number of aromatic nitrogens is 2. The number of carbonyl (C=O) groups excluding carboxylic acids is 1. The van der Waals surface area contributed by atoms with E-state index in [-0.39, 0.29) is 6.61 Å². The Morgan fingerprint density at radius 2 is 1.88 bits per heavy atom. The summed E-state index contributed by atoms with van der Waals surface area (Å²) in [6.07, 6.45) is -0.0823. The molecule has 26 heavy (non-hydrogen) atoms. The van der Waals surface area contributed by atoms with Crippen molar-refractivity contribution in [3.8, 4) is 17.1 Å². The molecule has 3 aromatic rings. The molecular weight excluding hydrogens is 334 g/mol. The first-order valence-corrected chi connectivity index (χ1v) is 8.17. The molecule has 0 bridgehead atoms. The molecule has 0 aliphatic carbocycles. The maximum atomic E-state index is 11.7. The van der Waals surface area contributed by atoms with E-state index in [0.717, 1.165) is 11.1 Å². The summed E-state index contributed by atoms with van der Waals surface area (Å²) >= 11 is 0. The Bertz CT molecular complexity index is 849. The monoisotopic (exact) mass is 353 g/mol. The van der Waals surface area contributed by atoms with Crippen molar-refractivity contribution < 1.29 is 18.8 Å². The molecule has 0 unspecified atom stereocenters. The Hall–Kier alpha value is -3.35. The summed E-state index contributed by atoms with van der Waals surface area (Å²) in [6, 6.07) is 16.9. The largest absolute Gasteiger partial charge is 0.496 e. The van der Waals surface area contributed by atoms with Crippen LogP contribution in [0.1, 0.15) is 11.5 Å². The van der Waals surface area contributed by atoms with Crippen LogP contribution in [0.15, 0.2) is 59.1 Å². The Morgan fingerprint density at radius 3 is 2.69 bits per heavy atom. The van der Waals surface area contributed by atoms with Gasteiger partial charge in [0, 0.05) is 13.0 Å². The highest BCUT2D eigenvalue weighted by molar-refractivity contribution is 5.67. The fraction of sp³-hybridized carbons (Fsp3) is 0.211. The fourth-order valence-corrected chi connectivity index (χ4v) is 2.34. The van der Waals surface area contributed by atoms with Crippen molar-refractivity contribution in [2.24, 2.45) is 0 Å². The Balaban J connectivity index is 1.47. The van der Waals surface area contributed by atoms with Gasteiger partial charge in [0.1, 0.15) is 12.4 Å². The zero-order valence-electron chi connectivity index (χ0n) is 14.3. The van der Waals surface area contributed by atoms with Gasteiger partial charge in [-0.1, -0.05) is 47.6 Å². The molecule has 1 aromatic heterocycles. The van der Waals surface area contributed by atoms with Gasteiger partial charge in [-0.15, -0.1) is 0 Å². The van der Waals surface area contributed by atoms with E-state index in [1.54, 1.807) is 7.11 Å². The number of hydrogen-bond donors (Lipinski definition) is 1. The molecule has 0 spiro atoms. The van der Waals surface area contributed by atoms with Gasteiger partial charge in [0.15, 0.2) is 0 Å². The van der Waals surface area contributed by atoms with E-state index >= 15 is 0 Å². The second-order valence-corrected chi connectivity index (χ2v) is 5.45. The van der Waals surface area contributed by atoms with E-state index in [9.17, 15) is 4.79 Å². The van der Waals surface area contributed by atoms with Crippen molar-refractivity contribution in [1.29, 1.82) is 0 Å². The summed E-state index contributed by atoms with van der Waals surface area (Å²) in [4.78, 5) is 16.0. The summed E-state index contributed by atoms with van der Waals surface area (Å²) in [5.41, 5.74) is 1.68. The van der Waals surface area contributed by atoms with Gasteiger partial charge in [0.05, 0.1) is 12.7 Å². The third-order valence-electron chi connectivity index (χ3n) is 3.64. The third kappa shape index (κ3) is 4.60. The molecule has 3 rings (SSSR count). The zero-order chi connectivity index (χ0) is 18.2. The van der Waals surface area contributed by atoms with E-state index in [4.69, 9.17) is 14.0 Å². The normalized spacial score (nSPS) is 10.3. The minimum atomic E-state index is -0.488. The zero-order valence-corrected chi connectivity index (χ0v) is 14.3. The lowest BCUT2D eigenvalue weighted by atomic mass is 10.2. The van der Waals surface area contributed by atoms with Crippen LogP contribution in [-0.2, 0) is 17.8 Å². The number of nitrogens with one attached hydrogen (secondary N) is 1. The summed E-state index contributed by atoms with van der Waals surface area (Å²) in [7, 11) is 1.59. The van der Waals surface area contributed by atoms with Gasteiger partial charge in [-0.3, -0.25) is 0 Å². The van der Waals surface area contributed by atoms with Crippen LogP contribution in [0.5, 0.6) is 5.75 Å². The van der Waals surface area contributed by atoms with E-state index in [0.29, 0.717) is 30.4 Å². The molecule has 0 saturated heterocycles. The Kier molecular flexibility index (Phi) is 5.82. The molecule has 2 aromatic carbocycles. The molecule has 1 amide bonds. The van der Waals surface area contributed by atoms with Crippen LogP contribution >= 0.6 is 0 Å². The fourth-order valence-electron chi connectivity index (χ4n) is 2.34. The van der Waals surface area contributed by atoms with Gasteiger partial charge in [0.2, 0.25) is 11.7 Å². The quantitative estimate of drug-likeness (QED) is 0.702. The second kappa shape index (κ2) is 8.66. The van der Waals surface area contributed by atoms with Crippen LogP contribution < -0.4 is 10.1 Å². The molecule has 0 aliphatic rings. The van der Waals surface area contributed by atoms with E-state index in [2.05, 4.69) is 15.5 Å². The maximum absolute atomic E-state index is 11.7. The number of rotatable bonds is 7. The molecule has 0 fully saturated rings. The number of carbonyl (C=O) groups is 1. The van der Waals surface area contributed by atoms with E-state index in [1.165, 1.54) is 0 Å². The molecule has 0 radical (unpaired) electrons. The highest BCUT2D eigenvalue weighted by atomic mass is 16.5. The summed E-state index contributed by atoms with van der Waals surface area (Å²) in [6.45, 7) is 0.562. The maximum Gasteiger partial charge on any atom is 0.407 e. The standard InChI is InChI=1S/C19H19N3O4/c1-24-16-10-6-5-9-15(16)18-21-17(26-22-18)11-12-20-19(23)25-13-14-7-3-2-4-8-14/h2-10H,11-13H2,1H3,(H,20,23). The average Bonchev–Trinajstić information content (AvgIpc) is 3.16. The van der Waals surface area contributed by atoms with Crippen LogP contribution in [0.2, 0.25) is 0 Å². The molecular formula is C19H19N3O4. The van der Waals surface area contributed by atoms with Crippen LogP contribution in [0, 0.1) is 0 Å². The number of para-hydroxylation sites is 1. The van der Waals surface area contributed by atoms with Gasteiger partial charge >= 0.3 is 6.09 Å². The number of ether oxygens (including phenoxy) is 2. The van der Waals surface area contributed by atoms with Gasteiger partial charge in [-0.05, 0) is 17.7 Å². The summed E-state index contributed by atoms with van der Waals surface area (Å²) in [5, 5.41) is 6.62. The van der Waals surface area contributed by atoms with Crippen molar-refractivity contribution in [2.75, 3.05) is 13.7 Å².